The molecule has 3 amide bonds. The van der Waals surface area contributed by atoms with Crippen LogP contribution in [0.1, 0.15) is 39.7 Å². The van der Waals surface area contributed by atoms with Crippen molar-refractivity contribution in [2.24, 2.45) is 0 Å². The second kappa shape index (κ2) is 7.46. The largest absolute Gasteiger partial charge is 0.420 e. The zero-order chi connectivity index (χ0) is 19.7. The quantitative estimate of drug-likeness (QED) is 0.895. The Morgan fingerprint density at radius 3 is 2.52 bits per heavy atom. The number of nitrogens with zero attached hydrogens (tertiary/aromatic N) is 3. The van der Waals surface area contributed by atoms with Gasteiger partial charge in [-0.1, -0.05) is 0 Å². The maximum atomic E-state index is 12.6. The minimum Gasteiger partial charge on any atom is -0.408 e. The number of hydrogen-bond donors (Lipinski definition) is 1. The van der Waals surface area contributed by atoms with E-state index in [9.17, 15) is 14.4 Å². The van der Waals surface area contributed by atoms with E-state index in [1.807, 2.05) is 13.8 Å². The summed E-state index contributed by atoms with van der Waals surface area (Å²) in [5, 5.41) is 2.86. The molecule has 2 heterocycles. The van der Waals surface area contributed by atoms with Crippen LogP contribution in [0.25, 0.3) is 11.1 Å². The fourth-order valence-corrected chi connectivity index (χ4v) is 3.55. The zero-order valence-corrected chi connectivity index (χ0v) is 16.2. The van der Waals surface area contributed by atoms with E-state index in [0.717, 1.165) is 12.8 Å². The van der Waals surface area contributed by atoms with Crippen LogP contribution in [0.4, 0.5) is 10.5 Å². The summed E-state index contributed by atoms with van der Waals surface area (Å²) in [6.45, 7) is 6.73. The summed E-state index contributed by atoms with van der Waals surface area (Å²) in [7, 11) is 1.76. The summed E-state index contributed by atoms with van der Waals surface area (Å²) in [6.07, 6.45) is 1.52. The third-order valence-corrected chi connectivity index (χ3v) is 5.16. The van der Waals surface area contributed by atoms with Crippen LogP contribution in [-0.2, 0) is 4.79 Å². The van der Waals surface area contributed by atoms with E-state index in [2.05, 4.69) is 5.32 Å². The highest BCUT2D eigenvalue weighted by atomic mass is 16.4. The van der Waals surface area contributed by atoms with Gasteiger partial charge in [0.25, 0.3) is 0 Å². The second-order valence-corrected chi connectivity index (χ2v) is 7.29. The van der Waals surface area contributed by atoms with Crippen molar-refractivity contribution in [1.29, 1.82) is 0 Å². The molecule has 2 aromatic rings. The number of anilines is 1. The Morgan fingerprint density at radius 2 is 1.93 bits per heavy atom. The van der Waals surface area contributed by atoms with Crippen LogP contribution in [0.5, 0.6) is 0 Å². The highest BCUT2D eigenvalue weighted by Crippen LogP contribution is 2.22. The molecule has 8 heteroatoms. The lowest BCUT2D eigenvalue weighted by Gasteiger charge is -2.36. The number of rotatable bonds is 3. The fraction of sp³-hybridized carbons (Fsp3) is 0.526. The Kier molecular flexibility index (Phi) is 5.25. The van der Waals surface area contributed by atoms with Crippen molar-refractivity contribution in [3.05, 3.63) is 28.7 Å². The number of urea groups is 1. The van der Waals surface area contributed by atoms with Gasteiger partial charge < -0.3 is 19.5 Å². The summed E-state index contributed by atoms with van der Waals surface area (Å²) in [4.78, 5) is 39.5. The number of oxazole rings is 1. The number of nitrogens with one attached hydrogen (secondary N) is 1. The molecule has 0 aliphatic carbocycles. The standard InChI is InChI=1S/C19H26N4O4/c1-12(2)23-16-6-5-14(11-17(16)27-19(23)26)20-18(25)21(4)15-7-9-22(10-8-15)13(3)24/h5-6,11-12,15H,7-10H2,1-4H3,(H,20,25). The summed E-state index contributed by atoms with van der Waals surface area (Å²) in [5.74, 6) is -0.332. The molecule has 0 spiro atoms. The lowest BCUT2D eigenvalue weighted by molar-refractivity contribution is -0.130. The van der Waals surface area contributed by atoms with Crippen molar-refractivity contribution >= 4 is 28.7 Å². The van der Waals surface area contributed by atoms with Gasteiger partial charge in [-0.2, -0.15) is 0 Å². The Balaban J connectivity index is 1.69. The van der Waals surface area contributed by atoms with Crippen LogP contribution in [0.3, 0.4) is 0 Å². The molecule has 0 bridgehead atoms. The number of fused-ring (bicyclic) bond motifs is 1. The van der Waals surface area contributed by atoms with E-state index < -0.39 is 5.76 Å². The third kappa shape index (κ3) is 3.84. The Hall–Kier alpha value is -2.77. The van der Waals surface area contributed by atoms with Gasteiger partial charge in [-0.25, -0.2) is 9.59 Å². The molecule has 1 aromatic carbocycles. The van der Waals surface area contributed by atoms with Gasteiger partial charge in [-0.15, -0.1) is 0 Å². The van der Waals surface area contributed by atoms with Crippen molar-refractivity contribution in [2.45, 2.75) is 45.7 Å². The maximum absolute atomic E-state index is 12.6. The molecule has 1 aliphatic rings. The molecular weight excluding hydrogens is 348 g/mol. The first-order chi connectivity index (χ1) is 12.8. The molecule has 0 radical (unpaired) electrons. The van der Waals surface area contributed by atoms with Crippen LogP contribution in [0.15, 0.2) is 27.4 Å². The van der Waals surface area contributed by atoms with Crippen molar-refractivity contribution in [1.82, 2.24) is 14.4 Å². The first-order valence-corrected chi connectivity index (χ1v) is 9.22. The number of aromatic nitrogens is 1. The molecule has 1 saturated heterocycles. The number of carbonyl (C=O) groups is 2. The average molecular weight is 374 g/mol. The highest BCUT2D eigenvalue weighted by Gasteiger charge is 2.26. The van der Waals surface area contributed by atoms with Gasteiger partial charge in [-0.05, 0) is 38.8 Å². The van der Waals surface area contributed by atoms with Crippen molar-refractivity contribution in [3.8, 4) is 0 Å². The summed E-state index contributed by atoms with van der Waals surface area (Å²) < 4.78 is 6.88. The number of hydrogen-bond acceptors (Lipinski definition) is 4. The number of carbonyl (C=O) groups excluding carboxylic acids is 2. The van der Waals surface area contributed by atoms with Crippen molar-refractivity contribution < 1.29 is 14.0 Å². The Labute approximate surface area is 157 Å². The molecule has 0 atom stereocenters. The topological polar surface area (TPSA) is 87.8 Å². The van der Waals surface area contributed by atoms with Crippen LogP contribution in [0, 0.1) is 0 Å². The molecule has 1 N–H and O–H groups in total. The summed E-state index contributed by atoms with van der Waals surface area (Å²) in [5.41, 5.74) is 1.73. The third-order valence-electron chi connectivity index (χ3n) is 5.16. The van der Waals surface area contributed by atoms with E-state index in [-0.39, 0.29) is 24.0 Å². The van der Waals surface area contributed by atoms with Gasteiger partial charge in [0.2, 0.25) is 5.91 Å². The normalized spacial score (nSPS) is 15.4. The zero-order valence-electron chi connectivity index (χ0n) is 16.2. The van der Waals surface area contributed by atoms with Crippen LogP contribution in [0.2, 0.25) is 0 Å². The van der Waals surface area contributed by atoms with E-state index >= 15 is 0 Å². The number of benzene rings is 1. The van der Waals surface area contributed by atoms with Gasteiger partial charge in [0.15, 0.2) is 5.58 Å². The maximum Gasteiger partial charge on any atom is 0.420 e. The highest BCUT2D eigenvalue weighted by molar-refractivity contribution is 5.91. The van der Waals surface area contributed by atoms with E-state index in [1.54, 1.807) is 46.5 Å². The number of piperidine rings is 1. The van der Waals surface area contributed by atoms with Crippen LogP contribution < -0.4 is 11.1 Å². The Morgan fingerprint density at radius 1 is 1.26 bits per heavy atom. The molecule has 27 heavy (non-hydrogen) atoms. The fourth-order valence-electron chi connectivity index (χ4n) is 3.55. The molecule has 1 aromatic heterocycles. The van der Waals surface area contributed by atoms with Gasteiger partial charge in [0.1, 0.15) is 0 Å². The first-order valence-electron chi connectivity index (χ1n) is 9.22. The molecule has 0 saturated carbocycles. The lowest BCUT2D eigenvalue weighted by Crippen LogP contribution is -2.47. The van der Waals surface area contributed by atoms with Crippen LogP contribution in [-0.4, -0.2) is 52.5 Å². The monoisotopic (exact) mass is 374 g/mol. The molecule has 3 rings (SSSR count). The van der Waals surface area contributed by atoms with Gasteiger partial charge in [-0.3, -0.25) is 9.36 Å². The van der Waals surface area contributed by atoms with Crippen molar-refractivity contribution in [3.63, 3.8) is 0 Å². The molecule has 146 valence electrons. The molecule has 1 aliphatic heterocycles. The molecule has 0 unspecified atom stereocenters. The van der Waals surface area contributed by atoms with Gasteiger partial charge in [0.05, 0.1) is 5.52 Å². The molecule has 8 nitrogen and oxygen atoms in total. The van der Waals surface area contributed by atoms with E-state index in [4.69, 9.17) is 4.42 Å². The van der Waals surface area contributed by atoms with Gasteiger partial charge in [0, 0.05) is 50.9 Å². The minimum absolute atomic E-state index is 0.00815. The van der Waals surface area contributed by atoms with Crippen molar-refractivity contribution in [2.75, 3.05) is 25.5 Å². The predicted octanol–water partition coefficient (Wildman–Crippen LogP) is 2.65. The molecular formula is C19H26N4O4. The summed E-state index contributed by atoms with van der Waals surface area (Å²) in [6, 6.07) is 5.07. The van der Waals surface area contributed by atoms with Gasteiger partial charge >= 0.3 is 11.8 Å². The number of likely N-dealkylation sites (tertiary alicyclic amines) is 1. The van der Waals surface area contributed by atoms with E-state index in [1.165, 1.54) is 0 Å². The first kappa shape index (κ1) is 19.0. The summed E-state index contributed by atoms with van der Waals surface area (Å²) >= 11 is 0. The number of amides is 3. The SMILES string of the molecule is CC(=O)N1CCC(N(C)C(=O)Nc2ccc3c(c2)oc(=O)n3C(C)C)CC1. The minimum atomic E-state index is -0.405. The van der Waals surface area contributed by atoms with E-state index in [0.29, 0.717) is 29.9 Å². The smallest absolute Gasteiger partial charge is 0.408 e. The lowest BCUT2D eigenvalue weighted by atomic mass is 10.0. The average Bonchev–Trinajstić information content (AvgIpc) is 2.96. The van der Waals surface area contributed by atoms with Crippen LogP contribution >= 0.6 is 0 Å². The predicted molar refractivity (Wildman–Crippen MR) is 103 cm³/mol. The molecule has 1 fully saturated rings. The second-order valence-electron chi connectivity index (χ2n) is 7.29. The Bertz CT molecular complexity index is 906.